The summed E-state index contributed by atoms with van der Waals surface area (Å²) in [6, 6.07) is 0.973. The fraction of sp³-hybridized carbons (Fsp3) is 0.941. The molecule has 0 aromatic carbocycles. The molecule has 21 heavy (non-hydrogen) atoms. The van der Waals surface area contributed by atoms with Crippen LogP contribution in [0.2, 0.25) is 0 Å². The lowest BCUT2D eigenvalue weighted by Crippen LogP contribution is -2.56. The lowest BCUT2D eigenvalue weighted by Gasteiger charge is -2.43. The first kappa shape index (κ1) is 18.4. The molecule has 1 aliphatic rings. The molecule has 0 spiro atoms. The maximum absolute atomic E-state index is 12.3. The lowest BCUT2D eigenvalue weighted by molar-refractivity contribution is -0.151. The van der Waals surface area contributed by atoms with E-state index < -0.39 is 5.54 Å². The van der Waals surface area contributed by atoms with Gasteiger partial charge in [0, 0.05) is 18.6 Å². The summed E-state index contributed by atoms with van der Waals surface area (Å²) >= 11 is 0. The molecule has 1 saturated heterocycles. The molecule has 0 aromatic rings. The first-order valence-electron chi connectivity index (χ1n) is 8.52. The molecule has 0 aromatic heterocycles. The van der Waals surface area contributed by atoms with Gasteiger partial charge in [0.2, 0.25) is 0 Å². The Morgan fingerprint density at radius 3 is 2.62 bits per heavy atom. The van der Waals surface area contributed by atoms with E-state index in [2.05, 4.69) is 31.0 Å². The number of hydrogen-bond donors (Lipinski definition) is 1. The fourth-order valence-corrected chi connectivity index (χ4v) is 3.55. The number of hydrogen-bond acceptors (Lipinski definition) is 4. The lowest BCUT2D eigenvalue weighted by atomic mass is 9.88. The minimum atomic E-state index is -0.593. The molecule has 4 heteroatoms. The van der Waals surface area contributed by atoms with Crippen molar-refractivity contribution in [3.05, 3.63) is 0 Å². The Bertz CT molecular complexity index is 335. The van der Waals surface area contributed by atoms with E-state index in [1.54, 1.807) is 0 Å². The van der Waals surface area contributed by atoms with Crippen LogP contribution in [0, 0.1) is 5.92 Å². The molecule has 4 nitrogen and oxygen atoms in total. The number of carbonyl (C=O) groups excluding carboxylic acids is 1. The first-order valence-corrected chi connectivity index (χ1v) is 8.52. The Hall–Kier alpha value is -0.610. The number of likely N-dealkylation sites (tertiary alicyclic amines) is 1. The summed E-state index contributed by atoms with van der Waals surface area (Å²) in [6.45, 7) is 15.1. The zero-order chi connectivity index (χ0) is 16.0. The highest BCUT2D eigenvalue weighted by Gasteiger charge is 2.38. The van der Waals surface area contributed by atoms with Gasteiger partial charge in [-0.3, -0.25) is 9.69 Å². The van der Waals surface area contributed by atoms with Crippen molar-refractivity contribution in [2.75, 3.05) is 19.7 Å². The van der Waals surface area contributed by atoms with E-state index >= 15 is 0 Å². The number of piperidine rings is 1. The molecular weight excluding hydrogens is 264 g/mol. The zero-order valence-electron chi connectivity index (χ0n) is 14.7. The summed E-state index contributed by atoms with van der Waals surface area (Å²) in [5, 5.41) is 3.34. The first-order chi connectivity index (χ1) is 9.84. The topological polar surface area (TPSA) is 41.6 Å². The molecule has 0 radical (unpaired) electrons. The second-order valence-corrected chi connectivity index (χ2v) is 6.86. The molecule has 1 fully saturated rings. The summed E-state index contributed by atoms with van der Waals surface area (Å²) in [6.07, 6.45) is 3.35. The van der Waals surface area contributed by atoms with Crippen LogP contribution in [0.1, 0.15) is 60.8 Å². The van der Waals surface area contributed by atoms with Crippen molar-refractivity contribution in [2.45, 2.75) is 78.4 Å². The summed E-state index contributed by atoms with van der Waals surface area (Å²) in [4.78, 5) is 14.9. The van der Waals surface area contributed by atoms with Gasteiger partial charge in [0.15, 0.2) is 0 Å². The van der Waals surface area contributed by atoms with Crippen molar-refractivity contribution in [1.82, 2.24) is 10.2 Å². The number of esters is 1. The minimum absolute atomic E-state index is 0.128. The summed E-state index contributed by atoms with van der Waals surface area (Å²) in [5.74, 6) is 0.619. The van der Waals surface area contributed by atoms with E-state index in [4.69, 9.17) is 4.74 Å². The molecule has 124 valence electrons. The highest BCUT2D eigenvalue weighted by molar-refractivity contribution is 5.80. The quantitative estimate of drug-likeness (QED) is 0.734. The Balaban J connectivity index is 2.75. The summed E-state index contributed by atoms with van der Waals surface area (Å²) in [5.41, 5.74) is -0.593. The Morgan fingerprint density at radius 1 is 1.38 bits per heavy atom. The van der Waals surface area contributed by atoms with Crippen molar-refractivity contribution in [1.29, 1.82) is 0 Å². The van der Waals surface area contributed by atoms with Crippen molar-refractivity contribution < 1.29 is 9.53 Å². The van der Waals surface area contributed by atoms with Gasteiger partial charge in [-0.15, -0.1) is 0 Å². The van der Waals surface area contributed by atoms with Crippen molar-refractivity contribution in [3.8, 4) is 0 Å². The molecule has 4 atom stereocenters. The largest absolute Gasteiger partial charge is 0.465 e. The van der Waals surface area contributed by atoms with Gasteiger partial charge in [-0.2, -0.15) is 0 Å². The zero-order valence-corrected chi connectivity index (χ0v) is 14.7. The molecule has 0 aliphatic carbocycles. The number of nitrogens with zero attached hydrogens (tertiary/aromatic N) is 1. The van der Waals surface area contributed by atoms with Gasteiger partial charge in [-0.05, 0) is 59.4 Å². The van der Waals surface area contributed by atoms with Crippen LogP contribution in [0.25, 0.3) is 0 Å². The van der Waals surface area contributed by atoms with Gasteiger partial charge >= 0.3 is 5.97 Å². The van der Waals surface area contributed by atoms with Crippen LogP contribution in [0.15, 0.2) is 0 Å². The monoisotopic (exact) mass is 298 g/mol. The molecule has 1 N–H and O–H groups in total. The number of nitrogens with one attached hydrogen (secondary N) is 1. The molecule has 0 amide bonds. The van der Waals surface area contributed by atoms with Gasteiger partial charge in [0.25, 0.3) is 0 Å². The third-order valence-corrected chi connectivity index (χ3v) is 4.73. The third kappa shape index (κ3) is 4.96. The number of rotatable bonds is 7. The smallest absolute Gasteiger partial charge is 0.326 e. The fourth-order valence-electron chi connectivity index (χ4n) is 3.55. The van der Waals surface area contributed by atoms with Gasteiger partial charge in [-0.25, -0.2) is 0 Å². The third-order valence-electron chi connectivity index (χ3n) is 4.73. The molecule has 1 rings (SSSR count). The molecule has 0 bridgehead atoms. The highest BCUT2D eigenvalue weighted by Crippen LogP contribution is 2.27. The van der Waals surface area contributed by atoms with Gasteiger partial charge in [0.1, 0.15) is 5.54 Å². The van der Waals surface area contributed by atoms with E-state index in [-0.39, 0.29) is 5.97 Å². The Morgan fingerprint density at radius 2 is 2.05 bits per heavy atom. The average molecular weight is 298 g/mol. The van der Waals surface area contributed by atoms with Crippen LogP contribution in [-0.4, -0.2) is 48.2 Å². The average Bonchev–Trinajstić information content (AvgIpc) is 2.41. The van der Waals surface area contributed by atoms with Crippen LogP contribution in [0.3, 0.4) is 0 Å². The normalized spacial score (nSPS) is 27.9. The van der Waals surface area contributed by atoms with Crippen molar-refractivity contribution >= 4 is 5.97 Å². The van der Waals surface area contributed by atoms with E-state index in [0.717, 1.165) is 25.4 Å². The van der Waals surface area contributed by atoms with Crippen LogP contribution in [-0.2, 0) is 9.53 Å². The summed E-state index contributed by atoms with van der Waals surface area (Å²) in [7, 11) is 0. The predicted molar refractivity (Wildman–Crippen MR) is 87.4 cm³/mol. The predicted octanol–water partition coefficient (Wildman–Crippen LogP) is 2.82. The van der Waals surface area contributed by atoms with E-state index in [1.165, 1.54) is 12.8 Å². The van der Waals surface area contributed by atoms with Crippen molar-refractivity contribution in [2.24, 2.45) is 5.92 Å². The van der Waals surface area contributed by atoms with E-state index in [0.29, 0.717) is 18.7 Å². The van der Waals surface area contributed by atoms with E-state index in [9.17, 15) is 4.79 Å². The second kappa shape index (κ2) is 8.14. The van der Waals surface area contributed by atoms with Crippen LogP contribution >= 0.6 is 0 Å². The van der Waals surface area contributed by atoms with Crippen LogP contribution in [0.5, 0.6) is 0 Å². The van der Waals surface area contributed by atoms with Gasteiger partial charge < -0.3 is 10.1 Å². The van der Waals surface area contributed by atoms with Crippen LogP contribution in [0.4, 0.5) is 0 Å². The maximum atomic E-state index is 12.3. The molecule has 4 unspecified atom stereocenters. The molecule has 1 heterocycles. The van der Waals surface area contributed by atoms with E-state index in [1.807, 2.05) is 20.8 Å². The number of likely N-dealkylation sites (N-methyl/N-ethyl adjacent to an activating group) is 1. The van der Waals surface area contributed by atoms with Gasteiger partial charge in [0.05, 0.1) is 6.61 Å². The Labute approximate surface area is 130 Å². The SMILES string of the molecule is CCNC(C)(CC(C)N1CC(C)CCC1C)C(=O)OCC. The second-order valence-electron chi connectivity index (χ2n) is 6.86. The molecule has 1 aliphatic heterocycles. The standard InChI is InChI=1S/C17H34N2O2/c1-7-18-17(6,16(20)21-8-2)11-15(5)19-12-13(3)9-10-14(19)4/h13-15,18H,7-12H2,1-6H3. The Kier molecular flexibility index (Phi) is 7.14. The highest BCUT2D eigenvalue weighted by atomic mass is 16.5. The number of carbonyl (C=O) groups is 1. The van der Waals surface area contributed by atoms with Gasteiger partial charge in [-0.1, -0.05) is 13.8 Å². The number of ether oxygens (including phenoxy) is 1. The van der Waals surface area contributed by atoms with Crippen LogP contribution < -0.4 is 5.32 Å². The van der Waals surface area contributed by atoms with Crippen molar-refractivity contribution in [3.63, 3.8) is 0 Å². The molecular formula is C17H34N2O2. The summed E-state index contributed by atoms with van der Waals surface area (Å²) < 4.78 is 5.28. The maximum Gasteiger partial charge on any atom is 0.326 e. The minimum Gasteiger partial charge on any atom is -0.465 e. The molecule has 0 saturated carbocycles.